The van der Waals surface area contributed by atoms with E-state index in [2.05, 4.69) is 5.32 Å². The average Bonchev–Trinajstić information content (AvgIpc) is 2.58. The lowest BCUT2D eigenvalue weighted by Crippen LogP contribution is -2.64. The van der Waals surface area contributed by atoms with Gasteiger partial charge in [-0.2, -0.15) is 0 Å². The molecule has 0 amide bonds. The number of carbonyl (C=O) groups is 2. The number of rotatable bonds is 5. The Labute approximate surface area is 161 Å². The zero-order valence-corrected chi connectivity index (χ0v) is 15.6. The lowest BCUT2D eigenvalue weighted by atomic mass is 9.97. The van der Waals surface area contributed by atoms with Gasteiger partial charge in [-0.15, -0.1) is 0 Å². The predicted molar refractivity (Wildman–Crippen MR) is 94.1 cm³/mol. The van der Waals surface area contributed by atoms with Crippen LogP contribution in [0, 0.1) is 0 Å². The van der Waals surface area contributed by atoms with Crippen molar-refractivity contribution in [3.8, 4) is 5.75 Å². The molecule has 28 heavy (non-hydrogen) atoms. The fourth-order valence-corrected chi connectivity index (χ4v) is 2.71. The van der Waals surface area contributed by atoms with E-state index in [1.165, 1.54) is 24.3 Å². The number of phenolic OH excluding ortho intramolecular Hbond substituents is 1. The molecule has 1 aliphatic rings. The molecule has 2 unspecified atom stereocenters. The molecular formula is C18H25NO9. The van der Waals surface area contributed by atoms with E-state index in [9.17, 15) is 30.0 Å². The maximum Gasteiger partial charge on any atom is 0.335 e. The normalized spacial score (nSPS) is 29.1. The van der Waals surface area contributed by atoms with E-state index >= 15 is 0 Å². The number of aliphatic hydroxyl groups is 3. The van der Waals surface area contributed by atoms with Crippen LogP contribution in [-0.2, 0) is 19.1 Å². The summed E-state index contributed by atoms with van der Waals surface area (Å²) in [7, 11) is 0. The van der Waals surface area contributed by atoms with Gasteiger partial charge >= 0.3 is 11.9 Å². The van der Waals surface area contributed by atoms with Crippen LogP contribution in [0.3, 0.4) is 0 Å². The van der Waals surface area contributed by atoms with Crippen molar-refractivity contribution in [1.82, 2.24) is 5.32 Å². The highest BCUT2D eigenvalue weighted by atomic mass is 16.6. The van der Waals surface area contributed by atoms with Crippen molar-refractivity contribution in [3.63, 3.8) is 0 Å². The van der Waals surface area contributed by atoms with Crippen LogP contribution in [0.1, 0.15) is 32.4 Å². The van der Waals surface area contributed by atoms with Gasteiger partial charge in [0.25, 0.3) is 0 Å². The summed E-state index contributed by atoms with van der Waals surface area (Å²) in [6, 6.07) is 4.34. The molecule has 1 aromatic carbocycles. The Balaban J connectivity index is 2.31. The number of phenols is 1. The summed E-state index contributed by atoms with van der Waals surface area (Å²) in [5.41, 5.74) is -0.491. The second-order valence-electron chi connectivity index (χ2n) is 7.51. The molecule has 6 atom stereocenters. The molecule has 10 heteroatoms. The molecule has 1 saturated heterocycles. The number of carboxylic acid groups (broad SMARTS) is 1. The summed E-state index contributed by atoms with van der Waals surface area (Å²) in [5.74, 6) is -2.32. The Morgan fingerprint density at radius 1 is 1.07 bits per heavy atom. The van der Waals surface area contributed by atoms with Gasteiger partial charge in [-0.1, -0.05) is 12.1 Å². The quantitative estimate of drug-likeness (QED) is 0.347. The molecule has 0 aliphatic carbocycles. The Hall–Kier alpha value is -2.24. The molecule has 0 aromatic heterocycles. The minimum atomic E-state index is -1.85. The minimum absolute atomic E-state index is 0.0369. The van der Waals surface area contributed by atoms with Gasteiger partial charge in [0.15, 0.2) is 6.10 Å². The van der Waals surface area contributed by atoms with Crippen LogP contribution < -0.4 is 5.32 Å². The van der Waals surface area contributed by atoms with Gasteiger partial charge in [0.1, 0.15) is 41.9 Å². The van der Waals surface area contributed by atoms with Crippen molar-refractivity contribution in [3.05, 3.63) is 29.8 Å². The fourth-order valence-electron chi connectivity index (χ4n) is 2.71. The first-order chi connectivity index (χ1) is 12.9. The molecule has 0 spiro atoms. The number of benzene rings is 1. The Bertz CT molecular complexity index is 700. The summed E-state index contributed by atoms with van der Waals surface area (Å²) >= 11 is 0. The Kier molecular flexibility index (Phi) is 6.63. The number of ether oxygens (including phenoxy) is 2. The van der Waals surface area contributed by atoms with Crippen molar-refractivity contribution < 1.29 is 44.6 Å². The van der Waals surface area contributed by atoms with E-state index < -0.39 is 54.2 Å². The molecule has 0 saturated carbocycles. The van der Waals surface area contributed by atoms with Gasteiger partial charge in [-0.3, -0.25) is 5.32 Å². The first-order valence-corrected chi connectivity index (χ1v) is 8.61. The maximum absolute atomic E-state index is 12.7. The van der Waals surface area contributed by atoms with Crippen molar-refractivity contribution in [2.45, 2.75) is 63.1 Å². The van der Waals surface area contributed by atoms with Crippen LogP contribution >= 0.6 is 0 Å². The number of hydrogen-bond acceptors (Lipinski definition) is 9. The van der Waals surface area contributed by atoms with Gasteiger partial charge in [-0.25, -0.2) is 9.59 Å². The number of aliphatic carboxylic acids is 1. The largest absolute Gasteiger partial charge is 0.508 e. The van der Waals surface area contributed by atoms with E-state index in [-0.39, 0.29) is 5.75 Å². The first kappa shape index (κ1) is 22.1. The molecule has 1 aliphatic heterocycles. The van der Waals surface area contributed by atoms with Gasteiger partial charge in [0.2, 0.25) is 0 Å². The SMILES string of the molecule is CC(C)(C)OC(=O)C(NC1O[C@H](C(=O)O)[C@@H](O)[C@H](O)[C@H]1O)c1ccc(O)cc1. The van der Waals surface area contributed by atoms with Crippen molar-refractivity contribution in [1.29, 1.82) is 0 Å². The summed E-state index contributed by atoms with van der Waals surface area (Å²) in [6.07, 6.45) is -8.68. The molecule has 2 rings (SSSR count). The van der Waals surface area contributed by atoms with Crippen LogP contribution in [0.4, 0.5) is 0 Å². The maximum atomic E-state index is 12.7. The minimum Gasteiger partial charge on any atom is -0.508 e. The average molecular weight is 399 g/mol. The highest BCUT2D eigenvalue weighted by Crippen LogP contribution is 2.26. The third-order valence-corrected chi connectivity index (χ3v) is 4.06. The lowest BCUT2D eigenvalue weighted by Gasteiger charge is -2.40. The summed E-state index contributed by atoms with van der Waals surface area (Å²) in [4.78, 5) is 23.9. The van der Waals surface area contributed by atoms with Crippen LogP contribution in [0.2, 0.25) is 0 Å². The summed E-state index contributed by atoms with van der Waals surface area (Å²) in [6.45, 7) is 4.97. The van der Waals surface area contributed by atoms with Crippen molar-refractivity contribution in [2.75, 3.05) is 0 Å². The number of aromatic hydroxyl groups is 1. The number of aliphatic hydroxyl groups excluding tert-OH is 3. The van der Waals surface area contributed by atoms with Crippen molar-refractivity contribution in [2.24, 2.45) is 0 Å². The van der Waals surface area contributed by atoms with Crippen molar-refractivity contribution >= 4 is 11.9 Å². The van der Waals surface area contributed by atoms with Gasteiger partial charge in [0.05, 0.1) is 0 Å². The van der Waals surface area contributed by atoms with Gasteiger partial charge < -0.3 is 35.0 Å². The van der Waals surface area contributed by atoms with Crippen LogP contribution in [0.5, 0.6) is 5.75 Å². The molecule has 1 fully saturated rings. The number of nitrogens with one attached hydrogen (secondary N) is 1. The van der Waals surface area contributed by atoms with Crippen LogP contribution in [0.15, 0.2) is 24.3 Å². The molecule has 1 aromatic rings. The number of esters is 1. The van der Waals surface area contributed by atoms with Crippen LogP contribution in [0.25, 0.3) is 0 Å². The monoisotopic (exact) mass is 399 g/mol. The highest BCUT2D eigenvalue weighted by molar-refractivity contribution is 5.78. The smallest absolute Gasteiger partial charge is 0.335 e. The lowest BCUT2D eigenvalue weighted by molar-refractivity contribution is -0.236. The fraction of sp³-hybridized carbons (Fsp3) is 0.556. The molecule has 6 N–H and O–H groups in total. The van der Waals surface area contributed by atoms with E-state index in [0.717, 1.165) is 0 Å². The zero-order valence-electron chi connectivity index (χ0n) is 15.6. The van der Waals surface area contributed by atoms with Gasteiger partial charge in [0, 0.05) is 0 Å². The van der Waals surface area contributed by atoms with E-state index in [4.69, 9.17) is 14.6 Å². The standard InChI is InChI=1S/C18H25NO9/c1-18(2,3)28-17(26)10(8-4-6-9(20)7-5-8)19-15-13(23)11(21)12(22)14(27-15)16(24)25/h4-7,10-15,19-23H,1-3H3,(H,24,25)/t10?,11-,12-,13+,14-,15?/m0/s1. The van der Waals surface area contributed by atoms with Gasteiger partial charge in [-0.05, 0) is 38.5 Å². The predicted octanol–water partition coefficient (Wildman–Crippen LogP) is -0.743. The van der Waals surface area contributed by atoms with Crippen LogP contribution in [-0.4, -0.2) is 73.7 Å². The third kappa shape index (κ3) is 5.18. The number of hydrogen-bond donors (Lipinski definition) is 6. The Morgan fingerprint density at radius 3 is 2.14 bits per heavy atom. The second kappa shape index (κ2) is 8.41. The number of carbonyl (C=O) groups excluding carboxylic acids is 1. The van der Waals surface area contributed by atoms with E-state index in [1.807, 2.05) is 0 Å². The summed E-state index contributed by atoms with van der Waals surface area (Å²) < 4.78 is 10.5. The summed E-state index contributed by atoms with van der Waals surface area (Å²) in [5, 5.41) is 51.1. The second-order valence-corrected chi connectivity index (χ2v) is 7.51. The Morgan fingerprint density at radius 2 is 1.64 bits per heavy atom. The number of carboxylic acids is 1. The zero-order chi connectivity index (χ0) is 21.2. The van der Waals surface area contributed by atoms with E-state index in [1.54, 1.807) is 20.8 Å². The first-order valence-electron chi connectivity index (χ1n) is 8.61. The molecule has 1 heterocycles. The molecule has 10 nitrogen and oxygen atoms in total. The molecule has 0 radical (unpaired) electrons. The topological polar surface area (TPSA) is 166 Å². The third-order valence-electron chi connectivity index (χ3n) is 4.06. The molecular weight excluding hydrogens is 374 g/mol. The molecule has 156 valence electrons. The van der Waals surface area contributed by atoms with E-state index in [0.29, 0.717) is 5.56 Å². The highest BCUT2D eigenvalue weighted by Gasteiger charge is 2.48. The molecule has 0 bridgehead atoms.